The van der Waals surface area contributed by atoms with Crippen molar-refractivity contribution in [2.45, 2.75) is 19.8 Å². The number of anilines is 1. The van der Waals surface area contributed by atoms with Crippen molar-refractivity contribution in [3.63, 3.8) is 0 Å². The van der Waals surface area contributed by atoms with Crippen LogP contribution in [0.2, 0.25) is 0 Å². The lowest BCUT2D eigenvalue weighted by atomic mass is 9.96. The maximum absolute atomic E-state index is 12.9. The summed E-state index contributed by atoms with van der Waals surface area (Å²) in [5, 5.41) is 5.22. The molecule has 3 heterocycles. The molecule has 148 valence electrons. The van der Waals surface area contributed by atoms with Crippen LogP contribution in [0.5, 0.6) is 0 Å². The summed E-state index contributed by atoms with van der Waals surface area (Å²) in [4.78, 5) is 52.5. The van der Waals surface area contributed by atoms with E-state index in [9.17, 15) is 19.2 Å². The van der Waals surface area contributed by atoms with Gasteiger partial charge in [0, 0.05) is 31.9 Å². The lowest BCUT2D eigenvalue weighted by Crippen LogP contribution is -2.48. The lowest BCUT2D eigenvalue weighted by Gasteiger charge is -2.34. The Balaban J connectivity index is 1.37. The number of imide groups is 1. The molecule has 8 nitrogen and oxygen atoms in total. The summed E-state index contributed by atoms with van der Waals surface area (Å²) in [6.07, 6.45) is 1.46. The SMILES string of the molecule is Cc1cccc(NC(=O)N2CCCC(C(=O)N3C[C@@H]4C(=O)NC(=O)[C@@H]4C3)C2)c1. The standard InChI is InChI=1S/C20H24N4O4/c1-12-4-2-6-14(8-12)21-20(28)23-7-3-5-13(9-23)19(27)24-10-15-16(11-24)18(26)22-17(15)25/h2,4,6,8,13,15-16H,3,5,7,9-11H2,1H3,(H,21,28)(H,22,25,26)/t13?,15-,16+. The first-order valence-corrected chi connectivity index (χ1v) is 9.68. The van der Waals surface area contributed by atoms with Crippen molar-refractivity contribution in [1.29, 1.82) is 0 Å². The van der Waals surface area contributed by atoms with Crippen LogP contribution in [0.1, 0.15) is 18.4 Å². The van der Waals surface area contributed by atoms with Crippen molar-refractivity contribution in [3.8, 4) is 0 Å². The maximum atomic E-state index is 12.9. The Morgan fingerprint density at radius 3 is 2.46 bits per heavy atom. The third-order valence-electron chi connectivity index (χ3n) is 5.88. The molecule has 0 bridgehead atoms. The van der Waals surface area contributed by atoms with Crippen molar-refractivity contribution in [3.05, 3.63) is 29.8 Å². The zero-order chi connectivity index (χ0) is 19.8. The van der Waals surface area contributed by atoms with E-state index in [-0.39, 0.29) is 42.8 Å². The molecule has 0 aliphatic carbocycles. The second-order valence-corrected chi connectivity index (χ2v) is 7.89. The van der Waals surface area contributed by atoms with Crippen LogP contribution in [-0.4, -0.2) is 59.7 Å². The average molecular weight is 384 g/mol. The van der Waals surface area contributed by atoms with Gasteiger partial charge in [0.25, 0.3) is 0 Å². The molecule has 0 radical (unpaired) electrons. The van der Waals surface area contributed by atoms with E-state index in [0.29, 0.717) is 19.5 Å². The predicted octanol–water partition coefficient (Wildman–Crippen LogP) is 0.970. The minimum Gasteiger partial charge on any atom is -0.341 e. The molecule has 4 rings (SSSR count). The van der Waals surface area contributed by atoms with Crippen molar-refractivity contribution in [2.24, 2.45) is 17.8 Å². The molecule has 28 heavy (non-hydrogen) atoms. The van der Waals surface area contributed by atoms with Crippen molar-refractivity contribution < 1.29 is 19.2 Å². The number of amides is 5. The molecule has 3 aliphatic rings. The number of hydrogen-bond donors (Lipinski definition) is 2. The van der Waals surface area contributed by atoms with E-state index in [1.165, 1.54) is 0 Å². The molecular formula is C20H24N4O4. The Morgan fingerprint density at radius 2 is 1.79 bits per heavy atom. The van der Waals surface area contributed by atoms with E-state index in [2.05, 4.69) is 10.6 Å². The monoisotopic (exact) mass is 384 g/mol. The van der Waals surface area contributed by atoms with Crippen molar-refractivity contribution >= 4 is 29.4 Å². The van der Waals surface area contributed by atoms with Gasteiger partial charge in [-0.15, -0.1) is 0 Å². The zero-order valence-corrected chi connectivity index (χ0v) is 15.8. The maximum Gasteiger partial charge on any atom is 0.321 e. The van der Waals surface area contributed by atoms with E-state index in [1.54, 1.807) is 9.80 Å². The molecule has 3 saturated heterocycles. The fourth-order valence-corrected chi connectivity index (χ4v) is 4.37. The highest BCUT2D eigenvalue weighted by atomic mass is 16.2. The van der Waals surface area contributed by atoms with Crippen LogP contribution < -0.4 is 10.6 Å². The third-order valence-corrected chi connectivity index (χ3v) is 5.88. The largest absolute Gasteiger partial charge is 0.341 e. The number of likely N-dealkylation sites (tertiary alicyclic amines) is 2. The normalized spacial score (nSPS) is 26.8. The number of fused-ring (bicyclic) bond motifs is 1. The number of rotatable bonds is 2. The number of carbonyl (C=O) groups excluding carboxylic acids is 4. The van der Waals surface area contributed by atoms with E-state index < -0.39 is 11.8 Å². The Kier molecular flexibility index (Phi) is 4.78. The lowest BCUT2D eigenvalue weighted by molar-refractivity contribution is -0.136. The Morgan fingerprint density at radius 1 is 1.07 bits per heavy atom. The molecule has 0 saturated carbocycles. The molecule has 8 heteroatoms. The van der Waals surface area contributed by atoms with E-state index in [4.69, 9.17) is 0 Å². The molecule has 1 unspecified atom stereocenters. The molecule has 0 aromatic heterocycles. The fraction of sp³-hybridized carbons (Fsp3) is 0.500. The number of nitrogens with zero attached hydrogens (tertiary/aromatic N) is 2. The second-order valence-electron chi connectivity index (χ2n) is 7.89. The Labute approximate surface area is 163 Å². The molecule has 3 atom stereocenters. The summed E-state index contributed by atoms with van der Waals surface area (Å²) in [5.41, 5.74) is 1.79. The van der Waals surface area contributed by atoms with Crippen LogP contribution in [0.3, 0.4) is 0 Å². The van der Waals surface area contributed by atoms with Gasteiger partial charge in [0.15, 0.2) is 0 Å². The molecule has 2 N–H and O–H groups in total. The van der Waals surface area contributed by atoms with Gasteiger partial charge in [0.1, 0.15) is 0 Å². The summed E-state index contributed by atoms with van der Waals surface area (Å²) >= 11 is 0. The minimum absolute atomic E-state index is 0.0666. The van der Waals surface area contributed by atoms with Crippen LogP contribution in [-0.2, 0) is 14.4 Å². The van der Waals surface area contributed by atoms with Crippen molar-refractivity contribution in [1.82, 2.24) is 15.1 Å². The predicted molar refractivity (Wildman–Crippen MR) is 101 cm³/mol. The first kappa shape index (κ1) is 18.5. The van der Waals surface area contributed by atoms with Crippen LogP contribution >= 0.6 is 0 Å². The number of hydrogen-bond acceptors (Lipinski definition) is 4. The van der Waals surface area contributed by atoms with Gasteiger partial charge in [-0.2, -0.15) is 0 Å². The molecular weight excluding hydrogens is 360 g/mol. The smallest absolute Gasteiger partial charge is 0.321 e. The highest BCUT2D eigenvalue weighted by molar-refractivity contribution is 6.06. The highest BCUT2D eigenvalue weighted by Gasteiger charge is 2.49. The van der Waals surface area contributed by atoms with Gasteiger partial charge in [-0.3, -0.25) is 19.7 Å². The van der Waals surface area contributed by atoms with Gasteiger partial charge < -0.3 is 15.1 Å². The fourth-order valence-electron chi connectivity index (χ4n) is 4.37. The van der Waals surface area contributed by atoms with Gasteiger partial charge in [-0.1, -0.05) is 12.1 Å². The van der Waals surface area contributed by atoms with Gasteiger partial charge in [0.2, 0.25) is 17.7 Å². The molecule has 3 aliphatic heterocycles. The quantitative estimate of drug-likeness (QED) is 0.742. The van der Waals surface area contributed by atoms with E-state index >= 15 is 0 Å². The highest BCUT2D eigenvalue weighted by Crippen LogP contribution is 2.30. The van der Waals surface area contributed by atoms with Crippen LogP contribution in [0.4, 0.5) is 10.5 Å². The summed E-state index contributed by atoms with van der Waals surface area (Å²) in [5.74, 6) is -1.79. The first-order chi connectivity index (χ1) is 13.4. The minimum atomic E-state index is -0.430. The topological polar surface area (TPSA) is 98.8 Å². The molecule has 3 fully saturated rings. The van der Waals surface area contributed by atoms with Crippen molar-refractivity contribution in [2.75, 3.05) is 31.5 Å². The number of nitrogens with one attached hydrogen (secondary N) is 2. The molecule has 5 amide bonds. The number of benzene rings is 1. The number of aryl methyl sites for hydroxylation is 1. The Bertz CT molecular complexity index is 817. The number of carbonyl (C=O) groups is 4. The average Bonchev–Trinajstić information content (AvgIpc) is 3.23. The molecule has 1 aromatic carbocycles. The summed E-state index contributed by atoms with van der Waals surface area (Å²) in [6, 6.07) is 7.37. The summed E-state index contributed by atoms with van der Waals surface area (Å²) in [7, 11) is 0. The van der Waals surface area contributed by atoms with Crippen LogP contribution in [0.15, 0.2) is 24.3 Å². The van der Waals surface area contributed by atoms with E-state index in [1.807, 2.05) is 31.2 Å². The van der Waals surface area contributed by atoms with Gasteiger partial charge >= 0.3 is 6.03 Å². The van der Waals surface area contributed by atoms with Gasteiger partial charge in [-0.25, -0.2) is 4.79 Å². The second kappa shape index (κ2) is 7.26. The Hall–Kier alpha value is -2.90. The molecule has 0 spiro atoms. The number of piperidine rings is 1. The number of urea groups is 1. The zero-order valence-electron chi connectivity index (χ0n) is 15.8. The third kappa shape index (κ3) is 3.46. The van der Waals surface area contributed by atoms with Crippen LogP contribution in [0.25, 0.3) is 0 Å². The van der Waals surface area contributed by atoms with Gasteiger partial charge in [-0.05, 0) is 37.5 Å². The van der Waals surface area contributed by atoms with Gasteiger partial charge in [0.05, 0.1) is 17.8 Å². The summed E-state index contributed by atoms with van der Waals surface area (Å²) in [6.45, 7) is 3.48. The van der Waals surface area contributed by atoms with E-state index in [0.717, 1.165) is 17.7 Å². The summed E-state index contributed by atoms with van der Waals surface area (Å²) < 4.78 is 0. The van der Waals surface area contributed by atoms with Crippen LogP contribution in [0, 0.1) is 24.7 Å². The first-order valence-electron chi connectivity index (χ1n) is 9.68. The molecule has 1 aromatic rings.